The Balaban J connectivity index is 1.86. The summed E-state index contributed by atoms with van der Waals surface area (Å²) in [5, 5.41) is 3.62. The van der Waals surface area contributed by atoms with Crippen LogP contribution in [0.15, 0.2) is 0 Å². The van der Waals surface area contributed by atoms with E-state index >= 15 is 0 Å². The molecule has 1 saturated carbocycles. The summed E-state index contributed by atoms with van der Waals surface area (Å²) in [5.74, 6) is 0.964. The molecule has 0 aromatic carbocycles. The van der Waals surface area contributed by atoms with Crippen LogP contribution in [0.2, 0.25) is 0 Å². The van der Waals surface area contributed by atoms with E-state index in [-0.39, 0.29) is 0 Å². The van der Waals surface area contributed by atoms with Crippen LogP contribution in [0.1, 0.15) is 58.8 Å². The Morgan fingerprint density at radius 1 is 1.22 bits per heavy atom. The van der Waals surface area contributed by atoms with Gasteiger partial charge >= 0.3 is 0 Å². The SMILES string of the molecule is CCC1(CN(C)C2CCC(C)CC2)CCCNC1. The molecule has 0 bridgehead atoms. The first-order valence-electron chi connectivity index (χ1n) is 8.06. The molecule has 1 aliphatic heterocycles. The number of piperidine rings is 1. The maximum absolute atomic E-state index is 3.62. The summed E-state index contributed by atoms with van der Waals surface area (Å²) < 4.78 is 0. The van der Waals surface area contributed by atoms with Crippen LogP contribution in [0.25, 0.3) is 0 Å². The van der Waals surface area contributed by atoms with Crippen molar-refractivity contribution in [1.29, 1.82) is 0 Å². The van der Waals surface area contributed by atoms with Crippen LogP contribution in [0, 0.1) is 11.3 Å². The highest BCUT2D eigenvalue weighted by atomic mass is 15.1. The van der Waals surface area contributed by atoms with Gasteiger partial charge < -0.3 is 10.2 Å². The van der Waals surface area contributed by atoms with Crippen molar-refractivity contribution in [2.45, 2.75) is 64.8 Å². The number of nitrogens with one attached hydrogen (secondary N) is 1. The highest BCUT2D eigenvalue weighted by molar-refractivity contribution is 4.89. The van der Waals surface area contributed by atoms with Gasteiger partial charge in [0, 0.05) is 19.1 Å². The Kier molecular flexibility index (Phi) is 5.08. The topological polar surface area (TPSA) is 15.3 Å². The molecule has 1 unspecified atom stereocenters. The number of nitrogens with zero attached hydrogens (tertiary/aromatic N) is 1. The van der Waals surface area contributed by atoms with Gasteiger partial charge in [-0.1, -0.05) is 13.8 Å². The van der Waals surface area contributed by atoms with Gasteiger partial charge in [0.2, 0.25) is 0 Å². The first-order valence-corrected chi connectivity index (χ1v) is 8.06. The van der Waals surface area contributed by atoms with E-state index in [4.69, 9.17) is 0 Å². The third kappa shape index (κ3) is 3.48. The highest BCUT2D eigenvalue weighted by Gasteiger charge is 2.33. The summed E-state index contributed by atoms with van der Waals surface area (Å²) in [6.07, 6.45) is 9.83. The fourth-order valence-corrected chi connectivity index (χ4v) is 3.92. The van der Waals surface area contributed by atoms with Crippen molar-refractivity contribution in [3.05, 3.63) is 0 Å². The van der Waals surface area contributed by atoms with Gasteiger partial charge in [-0.3, -0.25) is 0 Å². The van der Waals surface area contributed by atoms with Crippen molar-refractivity contribution in [1.82, 2.24) is 10.2 Å². The van der Waals surface area contributed by atoms with Crippen LogP contribution in [-0.2, 0) is 0 Å². The lowest BCUT2D eigenvalue weighted by Gasteiger charge is -2.43. The molecule has 0 amide bonds. The summed E-state index contributed by atoms with van der Waals surface area (Å²) in [7, 11) is 2.37. The van der Waals surface area contributed by atoms with E-state index in [1.807, 2.05) is 0 Å². The first kappa shape index (κ1) is 14.3. The second kappa shape index (κ2) is 6.38. The van der Waals surface area contributed by atoms with Gasteiger partial charge in [0.15, 0.2) is 0 Å². The van der Waals surface area contributed by atoms with E-state index in [1.165, 1.54) is 64.6 Å². The standard InChI is InChI=1S/C16H32N2/c1-4-16(10-5-11-17-12-16)13-18(3)15-8-6-14(2)7-9-15/h14-15,17H,4-13H2,1-3H3. The third-order valence-corrected chi connectivity index (χ3v) is 5.50. The molecule has 18 heavy (non-hydrogen) atoms. The second-order valence-electron chi connectivity index (χ2n) is 6.96. The van der Waals surface area contributed by atoms with Crippen molar-refractivity contribution >= 4 is 0 Å². The van der Waals surface area contributed by atoms with Gasteiger partial charge in [-0.15, -0.1) is 0 Å². The Bertz CT molecular complexity index is 237. The van der Waals surface area contributed by atoms with Gasteiger partial charge in [-0.05, 0) is 69.9 Å². The van der Waals surface area contributed by atoms with Crippen LogP contribution in [-0.4, -0.2) is 37.6 Å². The molecule has 2 heteroatoms. The zero-order chi connectivity index (χ0) is 13.0. The number of rotatable bonds is 4. The molecular weight excluding hydrogens is 220 g/mol. The maximum atomic E-state index is 3.62. The predicted octanol–water partition coefficient (Wildman–Crippen LogP) is 3.28. The normalized spacial score (nSPS) is 38.0. The molecule has 0 radical (unpaired) electrons. The van der Waals surface area contributed by atoms with Crippen molar-refractivity contribution < 1.29 is 0 Å². The Hall–Kier alpha value is -0.0800. The van der Waals surface area contributed by atoms with Gasteiger partial charge in [0.1, 0.15) is 0 Å². The van der Waals surface area contributed by atoms with E-state index in [1.54, 1.807) is 0 Å². The molecule has 1 heterocycles. The maximum Gasteiger partial charge on any atom is 0.00926 e. The molecule has 1 N–H and O–H groups in total. The number of hydrogen-bond donors (Lipinski definition) is 1. The average molecular weight is 252 g/mol. The smallest absolute Gasteiger partial charge is 0.00926 e. The van der Waals surface area contributed by atoms with Crippen LogP contribution in [0.5, 0.6) is 0 Å². The molecule has 106 valence electrons. The summed E-state index contributed by atoms with van der Waals surface area (Å²) in [6.45, 7) is 8.55. The Morgan fingerprint density at radius 3 is 2.50 bits per heavy atom. The molecule has 0 aromatic heterocycles. The van der Waals surface area contributed by atoms with Crippen LogP contribution in [0.3, 0.4) is 0 Å². The minimum Gasteiger partial charge on any atom is -0.316 e. The van der Waals surface area contributed by atoms with E-state index < -0.39 is 0 Å². The Labute approximate surface area is 114 Å². The van der Waals surface area contributed by atoms with Gasteiger partial charge in [-0.25, -0.2) is 0 Å². The van der Waals surface area contributed by atoms with E-state index in [0.29, 0.717) is 5.41 Å². The molecule has 2 aliphatic rings. The van der Waals surface area contributed by atoms with Crippen LogP contribution < -0.4 is 5.32 Å². The minimum atomic E-state index is 0.552. The summed E-state index contributed by atoms with van der Waals surface area (Å²) in [4.78, 5) is 2.68. The lowest BCUT2D eigenvalue weighted by atomic mass is 9.77. The highest BCUT2D eigenvalue weighted by Crippen LogP contribution is 2.33. The number of hydrogen-bond acceptors (Lipinski definition) is 2. The zero-order valence-corrected chi connectivity index (χ0v) is 12.7. The van der Waals surface area contributed by atoms with E-state index in [2.05, 4.69) is 31.1 Å². The molecule has 2 fully saturated rings. The van der Waals surface area contributed by atoms with E-state index in [0.717, 1.165) is 12.0 Å². The van der Waals surface area contributed by atoms with Crippen molar-refractivity contribution in [3.63, 3.8) is 0 Å². The monoisotopic (exact) mass is 252 g/mol. The van der Waals surface area contributed by atoms with Gasteiger partial charge in [0.05, 0.1) is 0 Å². The second-order valence-corrected chi connectivity index (χ2v) is 6.96. The Morgan fingerprint density at radius 2 is 1.94 bits per heavy atom. The molecule has 1 atom stereocenters. The fourth-order valence-electron chi connectivity index (χ4n) is 3.92. The molecule has 1 aliphatic carbocycles. The zero-order valence-electron chi connectivity index (χ0n) is 12.7. The van der Waals surface area contributed by atoms with Gasteiger partial charge in [0.25, 0.3) is 0 Å². The molecule has 1 saturated heterocycles. The largest absolute Gasteiger partial charge is 0.316 e. The predicted molar refractivity (Wildman–Crippen MR) is 78.9 cm³/mol. The van der Waals surface area contributed by atoms with Crippen LogP contribution >= 0.6 is 0 Å². The molecular formula is C16H32N2. The van der Waals surface area contributed by atoms with Crippen molar-refractivity contribution in [2.75, 3.05) is 26.7 Å². The van der Waals surface area contributed by atoms with Crippen molar-refractivity contribution in [3.8, 4) is 0 Å². The van der Waals surface area contributed by atoms with Crippen LogP contribution in [0.4, 0.5) is 0 Å². The lowest BCUT2D eigenvalue weighted by Crippen LogP contribution is -2.49. The molecule has 2 rings (SSSR count). The average Bonchev–Trinajstić information content (AvgIpc) is 2.40. The van der Waals surface area contributed by atoms with E-state index in [9.17, 15) is 0 Å². The first-order chi connectivity index (χ1) is 8.65. The summed E-state index contributed by atoms with van der Waals surface area (Å²) in [6, 6.07) is 0.853. The minimum absolute atomic E-state index is 0.552. The summed E-state index contributed by atoms with van der Waals surface area (Å²) in [5.41, 5.74) is 0.552. The lowest BCUT2D eigenvalue weighted by molar-refractivity contribution is 0.0809. The molecule has 0 aromatic rings. The molecule has 2 nitrogen and oxygen atoms in total. The quantitative estimate of drug-likeness (QED) is 0.826. The van der Waals surface area contributed by atoms with Gasteiger partial charge in [-0.2, -0.15) is 0 Å². The fraction of sp³-hybridized carbons (Fsp3) is 1.00. The third-order valence-electron chi connectivity index (χ3n) is 5.50. The van der Waals surface area contributed by atoms with Crippen molar-refractivity contribution in [2.24, 2.45) is 11.3 Å². The molecule has 0 spiro atoms. The summed E-state index contributed by atoms with van der Waals surface area (Å²) >= 11 is 0.